The Hall–Kier alpha value is -1.39. The zero-order chi connectivity index (χ0) is 12.7. The predicted molar refractivity (Wildman–Crippen MR) is 65.7 cm³/mol. The van der Waals surface area contributed by atoms with Crippen LogP contribution < -0.4 is 5.32 Å². The quantitative estimate of drug-likeness (QED) is 0.673. The fourth-order valence-corrected chi connectivity index (χ4v) is 1.72. The number of carboxylic acids is 1. The van der Waals surface area contributed by atoms with E-state index in [9.17, 15) is 9.90 Å². The highest BCUT2D eigenvalue weighted by Crippen LogP contribution is 2.14. The molecular weight excluding hydrogens is 218 g/mol. The van der Waals surface area contributed by atoms with Crippen LogP contribution in [-0.4, -0.2) is 28.8 Å². The summed E-state index contributed by atoms with van der Waals surface area (Å²) < 4.78 is 0. The van der Waals surface area contributed by atoms with Crippen LogP contribution in [0, 0.1) is 0 Å². The van der Waals surface area contributed by atoms with E-state index in [2.05, 4.69) is 5.32 Å². The maximum atomic E-state index is 11.2. The predicted octanol–water partition coefficient (Wildman–Crippen LogP) is 1.56. The minimum absolute atomic E-state index is 0.0588. The molecule has 0 aliphatic heterocycles. The Kier molecular flexibility index (Phi) is 5.66. The largest absolute Gasteiger partial charge is 0.480 e. The summed E-state index contributed by atoms with van der Waals surface area (Å²) in [7, 11) is 0. The van der Waals surface area contributed by atoms with Crippen molar-refractivity contribution >= 4 is 5.97 Å². The van der Waals surface area contributed by atoms with E-state index in [1.54, 1.807) is 12.1 Å². The van der Waals surface area contributed by atoms with Crippen LogP contribution in [0.15, 0.2) is 30.3 Å². The Balaban J connectivity index is 2.65. The monoisotopic (exact) mass is 237 g/mol. The Labute approximate surface area is 101 Å². The lowest BCUT2D eigenvalue weighted by Crippen LogP contribution is -2.35. The average Bonchev–Trinajstić information content (AvgIpc) is 2.34. The molecular formula is C13H19NO3. The standard InChI is InChI=1S/C13H19NO3/c1-10(6-5-9-15)14-12(13(16)17)11-7-3-2-4-8-11/h2-4,7-8,10,12,14-15H,5-6,9H2,1H3,(H,16,17). The zero-order valence-corrected chi connectivity index (χ0v) is 9.97. The van der Waals surface area contributed by atoms with Crippen molar-refractivity contribution in [1.29, 1.82) is 0 Å². The van der Waals surface area contributed by atoms with Gasteiger partial charge in [-0.25, -0.2) is 0 Å². The summed E-state index contributed by atoms with van der Waals surface area (Å²) in [4.78, 5) is 11.2. The topological polar surface area (TPSA) is 69.6 Å². The maximum Gasteiger partial charge on any atom is 0.325 e. The molecule has 94 valence electrons. The van der Waals surface area contributed by atoms with Gasteiger partial charge in [0, 0.05) is 12.6 Å². The number of carboxylic acid groups (broad SMARTS) is 1. The van der Waals surface area contributed by atoms with Crippen LogP contribution in [0.5, 0.6) is 0 Å². The van der Waals surface area contributed by atoms with E-state index in [1.165, 1.54) is 0 Å². The molecule has 0 bridgehead atoms. The highest BCUT2D eigenvalue weighted by molar-refractivity contribution is 5.75. The van der Waals surface area contributed by atoms with E-state index in [1.807, 2.05) is 25.1 Å². The van der Waals surface area contributed by atoms with Gasteiger partial charge < -0.3 is 10.2 Å². The summed E-state index contributed by atoms with van der Waals surface area (Å²) in [5.74, 6) is -0.882. The molecule has 0 heterocycles. The molecule has 4 heteroatoms. The number of carbonyl (C=O) groups is 1. The highest BCUT2D eigenvalue weighted by Gasteiger charge is 2.20. The molecule has 1 rings (SSSR count). The van der Waals surface area contributed by atoms with Gasteiger partial charge in [-0.1, -0.05) is 30.3 Å². The van der Waals surface area contributed by atoms with Gasteiger partial charge in [-0.15, -0.1) is 0 Å². The summed E-state index contributed by atoms with van der Waals surface area (Å²) in [6.07, 6.45) is 1.43. The van der Waals surface area contributed by atoms with Crippen LogP contribution >= 0.6 is 0 Å². The van der Waals surface area contributed by atoms with Crippen LogP contribution in [0.25, 0.3) is 0 Å². The normalized spacial score (nSPS) is 14.2. The molecule has 0 aliphatic carbocycles. The Morgan fingerprint density at radius 2 is 2.00 bits per heavy atom. The molecule has 17 heavy (non-hydrogen) atoms. The van der Waals surface area contributed by atoms with Gasteiger partial charge in [0.15, 0.2) is 0 Å². The van der Waals surface area contributed by atoms with Crippen molar-refractivity contribution in [2.45, 2.75) is 31.8 Å². The molecule has 1 aromatic carbocycles. The first-order valence-electron chi connectivity index (χ1n) is 5.79. The molecule has 0 spiro atoms. The maximum absolute atomic E-state index is 11.2. The molecule has 0 aromatic heterocycles. The Morgan fingerprint density at radius 1 is 1.35 bits per heavy atom. The van der Waals surface area contributed by atoms with E-state index in [0.717, 1.165) is 12.0 Å². The second-order valence-electron chi connectivity index (χ2n) is 4.12. The first-order chi connectivity index (χ1) is 8.15. The van der Waals surface area contributed by atoms with Crippen LogP contribution in [0.1, 0.15) is 31.4 Å². The molecule has 2 atom stereocenters. The van der Waals surface area contributed by atoms with Gasteiger partial charge in [0.2, 0.25) is 0 Å². The molecule has 3 N–H and O–H groups in total. The van der Waals surface area contributed by atoms with Crippen molar-refractivity contribution in [1.82, 2.24) is 5.32 Å². The van der Waals surface area contributed by atoms with Crippen LogP contribution in [0.4, 0.5) is 0 Å². The molecule has 1 aromatic rings. The first-order valence-corrected chi connectivity index (χ1v) is 5.79. The minimum atomic E-state index is -0.882. The van der Waals surface area contributed by atoms with Gasteiger partial charge in [0.25, 0.3) is 0 Å². The summed E-state index contributed by atoms with van der Waals surface area (Å²) in [5.41, 5.74) is 0.746. The van der Waals surface area contributed by atoms with Crippen LogP contribution in [-0.2, 0) is 4.79 Å². The van der Waals surface area contributed by atoms with Crippen molar-refractivity contribution in [3.05, 3.63) is 35.9 Å². The number of nitrogens with one attached hydrogen (secondary N) is 1. The third-order valence-electron chi connectivity index (χ3n) is 2.63. The summed E-state index contributed by atoms with van der Waals surface area (Å²) >= 11 is 0. The SMILES string of the molecule is CC(CCCO)NC(C(=O)O)c1ccccc1. The smallest absolute Gasteiger partial charge is 0.325 e. The van der Waals surface area contributed by atoms with Crippen molar-refractivity contribution < 1.29 is 15.0 Å². The van der Waals surface area contributed by atoms with Crippen molar-refractivity contribution in [2.24, 2.45) is 0 Å². The zero-order valence-electron chi connectivity index (χ0n) is 9.97. The van der Waals surface area contributed by atoms with Gasteiger partial charge in [0.05, 0.1) is 0 Å². The molecule has 0 fully saturated rings. The Morgan fingerprint density at radius 3 is 2.53 bits per heavy atom. The lowest BCUT2D eigenvalue weighted by Gasteiger charge is -2.20. The van der Waals surface area contributed by atoms with Gasteiger partial charge in [-0.2, -0.15) is 0 Å². The summed E-state index contributed by atoms with van der Waals surface area (Å²) in [6, 6.07) is 8.47. The number of rotatable bonds is 7. The second-order valence-corrected chi connectivity index (χ2v) is 4.12. The van der Waals surface area contributed by atoms with Crippen molar-refractivity contribution in [2.75, 3.05) is 6.61 Å². The fourth-order valence-electron chi connectivity index (χ4n) is 1.72. The number of aliphatic hydroxyl groups is 1. The summed E-state index contributed by atoms with van der Waals surface area (Å²) in [6.45, 7) is 2.06. The number of aliphatic hydroxyl groups excluding tert-OH is 1. The van der Waals surface area contributed by atoms with Gasteiger partial charge in [-0.05, 0) is 25.3 Å². The lowest BCUT2D eigenvalue weighted by molar-refractivity contribution is -0.139. The van der Waals surface area contributed by atoms with E-state index in [0.29, 0.717) is 6.42 Å². The average molecular weight is 237 g/mol. The third-order valence-corrected chi connectivity index (χ3v) is 2.63. The Bertz CT molecular complexity index is 340. The number of benzene rings is 1. The van der Waals surface area contributed by atoms with Crippen molar-refractivity contribution in [3.63, 3.8) is 0 Å². The first kappa shape index (κ1) is 13.7. The minimum Gasteiger partial charge on any atom is -0.480 e. The second kappa shape index (κ2) is 7.04. The molecule has 0 amide bonds. The molecule has 2 unspecified atom stereocenters. The molecule has 0 aliphatic rings. The van der Waals surface area contributed by atoms with Crippen LogP contribution in [0.2, 0.25) is 0 Å². The molecule has 4 nitrogen and oxygen atoms in total. The number of hydrogen-bond donors (Lipinski definition) is 3. The summed E-state index contributed by atoms with van der Waals surface area (Å²) in [5, 5.41) is 21.0. The number of hydrogen-bond acceptors (Lipinski definition) is 3. The van der Waals surface area contributed by atoms with E-state index in [-0.39, 0.29) is 12.6 Å². The van der Waals surface area contributed by atoms with E-state index >= 15 is 0 Å². The van der Waals surface area contributed by atoms with Gasteiger partial charge >= 0.3 is 5.97 Å². The molecule has 0 radical (unpaired) electrons. The molecule has 0 saturated carbocycles. The third kappa shape index (κ3) is 4.54. The van der Waals surface area contributed by atoms with Crippen LogP contribution in [0.3, 0.4) is 0 Å². The lowest BCUT2D eigenvalue weighted by atomic mass is 10.1. The van der Waals surface area contributed by atoms with Gasteiger partial charge in [0.1, 0.15) is 6.04 Å². The van der Waals surface area contributed by atoms with E-state index in [4.69, 9.17) is 5.11 Å². The van der Waals surface area contributed by atoms with Gasteiger partial charge in [-0.3, -0.25) is 10.1 Å². The molecule has 0 saturated heterocycles. The van der Waals surface area contributed by atoms with Crippen molar-refractivity contribution in [3.8, 4) is 0 Å². The fraction of sp³-hybridized carbons (Fsp3) is 0.462. The van der Waals surface area contributed by atoms with E-state index < -0.39 is 12.0 Å². The number of aliphatic carboxylic acids is 1. The highest BCUT2D eigenvalue weighted by atomic mass is 16.4.